The number of hydrogen-bond donors (Lipinski definition) is 0. The summed E-state index contributed by atoms with van der Waals surface area (Å²) in [6, 6.07) is 9.03. The Bertz CT molecular complexity index is 449. The highest BCUT2D eigenvalue weighted by molar-refractivity contribution is 5.21. The molecule has 0 fully saturated rings. The molecule has 0 spiro atoms. The van der Waals surface area contributed by atoms with Gasteiger partial charge < -0.3 is 0 Å². The summed E-state index contributed by atoms with van der Waals surface area (Å²) in [6.07, 6.45) is 17.1. The van der Waals surface area contributed by atoms with Gasteiger partial charge in [0.25, 0.3) is 0 Å². The zero-order valence-electron chi connectivity index (χ0n) is 18.1. The highest BCUT2D eigenvalue weighted by atomic mass is 14.2. The van der Waals surface area contributed by atoms with E-state index in [4.69, 9.17) is 0 Å². The van der Waals surface area contributed by atoms with E-state index in [9.17, 15) is 0 Å². The molecule has 0 amide bonds. The number of benzene rings is 1. The maximum absolute atomic E-state index is 4.12. The Kier molecular flexibility index (Phi) is 12.4. The average Bonchev–Trinajstić information content (AvgIpc) is 2.65. The largest absolute Gasteiger partial charge is 0.103 e. The minimum absolute atomic E-state index is 0.675. The number of rotatable bonds is 15. The van der Waals surface area contributed by atoms with E-state index in [1.54, 1.807) is 0 Å². The maximum Gasteiger partial charge on any atom is -0.0233 e. The first kappa shape index (κ1) is 23.0. The molecular formula is C26H44. The Morgan fingerprint density at radius 3 is 1.81 bits per heavy atom. The van der Waals surface area contributed by atoms with Crippen molar-refractivity contribution in [3.05, 3.63) is 48.0 Å². The fourth-order valence-corrected chi connectivity index (χ4v) is 4.47. The third kappa shape index (κ3) is 9.06. The van der Waals surface area contributed by atoms with Gasteiger partial charge in [-0.1, -0.05) is 108 Å². The topological polar surface area (TPSA) is 0 Å². The van der Waals surface area contributed by atoms with Crippen LogP contribution < -0.4 is 0 Å². The van der Waals surface area contributed by atoms with Crippen LogP contribution in [0.5, 0.6) is 0 Å². The van der Waals surface area contributed by atoms with Crippen molar-refractivity contribution in [3.8, 4) is 0 Å². The van der Waals surface area contributed by atoms with E-state index < -0.39 is 0 Å². The van der Waals surface area contributed by atoms with Gasteiger partial charge in [0.05, 0.1) is 0 Å². The normalized spacial score (nSPS) is 13.7. The van der Waals surface area contributed by atoms with Gasteiger partial charge in [-0.05, 0) is 49.5 Å². The second-order valence-corrected chi connectivity index (χ2v) is 8.34. The lowest BCUT2D eigenvalue weighted by Gasteiger charge is -2.27. The lowest BCUT2D eigenvalue weighted by atomic mass is 9.79. The van der Waals surface area contributed by atoms with Gasteiger partial charge in [0.1, 0.15) is 0 Å². The van der Waals surface area contributed by atoms with Crippen molar-refractivity contribution in [2.45, 2.75) is 98.3 Å². The van der Waals surface area contributed by atoms with E-state index in [2.05, 4.69) is 64.6 Å². The lowest BCUT2D eigenvalue weighted by Crippen LogP contribution is -2.15. The predicted octanol–water partition coefficient (Wildman–Crippen LogP) is 8.53. The van der Waals surface area contributed by atoms with Crippen LogP contribution in [-0.4, -0.2) is 0 Å². The third-order valence-corrected chi connectivity index (χ3v) is 6.05. The molecular weight excluding hydrogens is 312 g/mol. The number of aryl methyl sites for hydroxylation is 2. The van der Waals surface area contributed by atoms with E-state index in [0.717, 1.165) is 11.8 Å². The molecule has 1 rings (SSSR count). The fraction of sp³-hybridized carbons (Fsp3) is 0.692. The Balaban J connectivity index is 2.43. The molecule has 0 aliphatic carbocycles. The van der Waals surface area contributed by atoms with Crippen LogP contribution in [0.4, 0.5) is 0 Å². The van der Waals surface area contributed by atoms with Crippen molar-refractivity contribution in [3.63, 3.8) is 0 Å². The molecule has 0 radical (unpaired) electrons. The highest BCUT2D eigenvalue weighted by Crippen LogP contribution is 2.32. The summed E-state index contributed by atoms with van der Waals surface area (Å²) < 4.78 is 0. The van der Waals surface area contributed by atoms with Crippen molar-refractivity contribution in [1.29, 1.82) is 0 Å². The van der Waals surface area contributed by atoms with Crippen LogP contribution in [-0.2, 0) is 6.42 Å². The molecule has 0 aliphatic heterocycles. The minimum Gasteiger partial charge on any atom is -0.103 e. The first-order chi connectivity index (χ1) is 12.6. The Hall–Kier alpha value is -1.04. The number of allylic oxidation sites excluding steroid dienone is 1. The molecule has 148 valence electrons. The van der Waals surface area contributed by atoms with Crippen LogP contribution in [0.25, 0.3) is 0 Å². The molecule has 0 N–H and O–H groups in total. The fourth-order valence-electron chi connectivity index (χ4n) is 4.47. The van der Waals surface area contributed by atoms with Crippen LogP contribution in [0.15, 0.2) is 36.9 Å². The summed E-state index contributed by atoms with van der Waals surface area (Å²) in [5, 5.41) is 0. The molecule has 0 bridgehead atoms. The van der Waals surface area contributed by atoms with E-state index in [1.807, 2.05) is 0 Å². The average molecular weight is 357 g/mol. The Morgan fingerprint density at radius 1 is 0.769 bits per heavy atom. The smallest absolute Gasteiger partial charge is 0.0233 e. The van der Waals surface area contributed by atoms with Gasteiger partial charge in [0.2, 0.25) is 0 Å². The lowest BCUT2D eigenvalue weighted by molar-refractivity contribution is 0.247. The quantitative estimate of drug-likeness (QED) is 0.276. The van der Waals surface area contributed by atoms with Crippen molar-refractivity contribution in [2.24, 2.45) is 17.8 Å². The molecule has 0 saturated carbocycles. The zero-order chi connectivity index (χ0) is 19.2. The molecule has 2 atom stereocenters. The maximum atomic E-state index is 4.12. The summed E-state index contributed by atoms with van der Waals surface area (Å²) >= 11 is 0. The Morgan fingerprint density at radius 2 is 1.31 bits per heavy atom. The minimum atomic E-state index is 0.675. The van der Waals surface area contributed by atoms with E-state index in [0.29, 0.717) is 5.92 Å². The summed E-state index contributed by atoms with van der Waals surface area (Å²) in [4.78, 5) is 0. The van der Waals surface area contributed by atoms with Crippen molar-refractivity contribution >= 4 is 0 Å². The van der Waals surface area contributed by atoms with Crippen LogP contribution in [0.3, 0.4) is 0 Å². The molecule has 0 nitrogen and oxygen atoms in total. The summed E-state index contributed by atoms with van der Waals surface area (Å²) in [6.45, 7) is 13.3. The predicted molar refractivity (Wildman–Crippen MR) is 119 cm³/mol. The van der Waals surface area contributed by atoms with Crippen LogP contribution >= 0.6 is 0 Å². The molecule has 0 aromatic heterocycles. The van der Waals surface area contributed by atoms with E-state index in [1.165, 1.54) is 81.8 Å². The SMILES string of the molecule is C=CC(CCCC(CCC)C(CCC)CCC)CCc1ccc(C)cc1. The van der Waals surface area contributed by atoms with Crippen molar-refractivity contribution in [1.82, 2.24) is 0 Å². The van der Waals surface area contributed by atoms with Gasteiger partial charge in [-0.25, -0.2) is 0 Å². The van der Waals surface area contributed by atoms with Crippen molar-refractivity contribution < 1.29 is 0 Å². The molecule has 26 heavy (non-hydrogen) atoms. The van der Waals surface area contributed by atoms with Gasteiger partial charge >= 0.3 is 0 Å². The molecule has 2 unspecified atom stereocenters. The molecule has 1 aromatic carbocycles. The highest BCUT2D eigenvalue weighted by Gasteiger charge is 2.19. The second kappa shape index (κ2) is 14.1. The molecule has 0 saturated heterocycles. The monoisotopic (exact) mass is 356 g/mol. The van der Waals surface area contributed by atoms with Gasteiger partial charge in [-0.15, -0.1) is 6.58 Å². The summed E-state index contributed by atoms with van der Waals surface area (Å²) in [7, 11) is 0. The van der Waals surface area contributed by atoms with Crippen LogP contribution in [0, 0.1) is 24.7 Å². The summed E-state index contributed by atoms with van der Waals surface area (Å²) in [5.41, 5.74) is 2.82. The van der Waals surface area contributed by atoms with E-state index in [-0.39, 0.29) is 0 Å². The molecule has 0 aliphatic rings. The first-order valence-corrected chi connectivity index (χ1v) is 11.3. The second-order valence-electron chi connectivity index (χ2n) is 8.34. The Labute approximate surface area is 164 Å². The summed E-state index contributed by atoms with van der Waals surface area (Å²) in [5.74, 6) is 2.58. The van der Waals surface area contributed by atoms with Gasteiger partial charge in [0, 0.05) is 0 Å². The molecule has 0 heterocycles. The zero-order valence-corrected chi connectivity index (χ0v) is 18.1. The van der Waals surface area contributed by atoms with Gasteiger partial charge in [0.15, 0.2) is 0 Å². The van der Waals surface area contributed by atoms with Crippen LogP contribution in [0.2, 0.25) is 0 Å². The van der Waals surface area contributed by atoms with Crippen LogP contribution in [0.1, 0.15) is 96.1 Å². The molecule has 1 aromatic rings. The third-order valence-electron chi connectivity index (χ3n) is 6.05. The van der Waals surface area contributed by atoms with Gasteiger partial charge in [-0.2, -0.15) is 0 Å². The first-order valence-electron chi connectivity index (χ1n) is 11.3. The van der Waals surface area contributed by atoms with E-state index >= 15 is 0 Å². The number of hydrogen-bond acceptors (Lipinski definition) is 0. The van der Waals surface area contributed by atoms with Gasteiger partial charge in [-0.3, -0.25) is 0 Å². The molecule has 0 heteroatoms. The standard InChI is InChI=1S/C26H44/c1-6-11-25(12-7-2)26(13-8-3)15-10-14-23(9-4)20-21-24-18-16-22(5)17-19-24/h9,16-19,23,25-26H,4,6-8,10-15,20-21H2,1-3,5H3. The van der Waals surface area contributed by atoms with Crippen molar-refractivity contribution in [2.75, 3.05) is 0 Å².